The van der Waals surface area contributed by atoms with Gasteiger partial charge in [0.05, 0.1) is 13.2 Å². The molecule has 4 nitrogen and oxygen atoms in total. The van der Waals surface area contributed by atoms with Gasteiger partial charge in [0.15, 0.2) is 17.6 Å². The lowest BCUT2D eigenvalue weighted by molar-refractivity contribution is 0.229. The van der Waals surface area contributed by atoms with Gasteiger partial charge in [-0.25, -0.2) is 0 Å². The zero-order valence-electron chi connectivity index (χ0n) is 7.06. The van der Waals surface area contributed by atoms with Gasteiger partial charge in [-0.15, -0.1) is 0 Å². The summed E-state index contributed by atoms with van der Waals surface area (Å²) >= 11 is 0. The van der Waals surface area contributed by atoms with Crippen LogP contribution in [0.4, 0.5) is 0 Å². The number of benzene rings is 1. The summed E-state index contributed by atoms with van der Waals surface area (Å²) in [6.45, 7) is 0. The number of phenols is 1. The fraction of sp³-hybridized carbons (Fsp3) is 0.222. The van der Waals surface area contributed by atoms with Crippen LogP contribution in [0.15, 0.2) is 18.2 Å². The molecule has 0 spiro atoms. The van der Waals surface area contributed by atoms with Crippen LogP contribution < -0.4 is 4.74 Å². The van der Waals surface area contributed by atoms with Crippen molar-refractivity contribution in [3.8, 4) is 17.6 Å². The molecule has 1 aromatic rings. The molecular weight excluding hydrogens is 170 g/mol. The molecule has 0 fully saturated rings. The van der Waals surface area contributed by atoms with Crippen LogP contribution in [-0.2, 0) is 0 Å². The molecule has 2 N–H and O–H groups in total. The van der Waals surface area contributed by atoms with Crippen LogP contribution in [-0.4, -0.2) is 17.3 Å². The lowest BCUT2D eigenvalue weighted by Gasteiger charge is -2.08. The second-order valence-electron chi connectivity index (χ2n) is 2.43. The number of para-hydroxylation sites is 1. The first-order chi connectivity index (χ1) is 6.20. The standard InChI is InChI=1S/C9H9NO3/c1-13-8-4-2-3-6(9(8)12)7(11)5-10/h2-4,7,11-12H,1H3/t7-/m0/s1. The molecule has 0 radical (unpaired) electrons. The molecule has 0 aliphatic heterocycles. The maximum Gasteiger partial charge on any atom is 0.169 e. The Morgan fingerprint density at radius 3 is 2.77 bits per heavy atom. The van der Waals surface area contributed by atoms with E-state index in [1.165, 1.54) is 13.2 Å². The third-order valence-corrected chi connectivity index (χ3v) is 1.67. The summed E-state index contributed by atoms with van der Waals surface area (Å²) in [6, 6.07) is 6.21. The third-order valence-electron chi connectivity index (χ3n) is 1.67. The molecule has 0 saturated heterocycles. The Hall–Kier alpha value is -1.73. The first kappa shape index (κ1) is 9.36. The number of rotatable bonds is 2. The fourth-order valence-corrected chi connectivity index (χ4v) is 0.994. The average molecular weight is 179 g/mol. The maximum atomic E-state index is 9.45. The van der Waals surface area contributed by atoms with Gasteiger partial charge in [-0.2, -0.15) is 5.26 Å². The van der Waals surface area contributed by atoms with Gasteiger partial charge in [0, 0.05) is 5.56 Å². The molecule has 0 saturated carbocycles. The van der Waals surface area contributed by atoms with E-state index in [2.05, 4.69) is 0 Å². The third kappa shape index (κ3) is 1.71. The number of hydrogen-bond acceptors (Lipinski definition) is 4. The normalized spacial score (nSPS) is 11.8. The van der Waals surface area contributed by atoms with Gasteiger partial charge < -0.3 is 14.9 Å². The van der Waals surface area contributed by atoms with Crippen molar-refractivity contribution < 1.29 is 14.9 Å². The highest BCUT2D eigenvalue weighted by Crippen LogP contribution is 2.32. The van der Waals surface area contributed by atoms with Crippen LogP contribution in [0, 0.1) is 11.3 Å². The molecule has 0 aromatic heterocycles. The molecule has 0 aliphatic rings. The van der Waals surface area contributed by atoms with E-state index in [1.807, 2.05) is 0 Å². The Bertz CT molecular complexity index is 343. The van der Waals surface area contributed by atoms with Crippen LogP contribution in [0.5, 0.6) is 11.5 Å². The molecule has 0 heterocycles. The van der Waals surface area contributed by atoms with E-state index in [0.717, 1.165) is 0 Å². The zero-order chi connectivity index (χ0) is 9.84. The smallest absolute Gasteiger partial charge is 0.169 e. The van der Waals surface area contributed by atoms with E-state index >= 15 is 0 Å². The van der Waals surface area contributed by atoms with Crippen LogP contribution in [0.3, 0.4) is 0 Å². The first-order valence-electron chi connectivity index (χ1n) is 3.64. The van der Waals surface area contributed by atoms with Gasteiger partial charge in [0.2, 0.25) is 0 Å². The Balaban J connectivity index is 3.17. The highest BCUT2D eigenvalue weighted by Gasteiger charge is 2.13. The molecule has 68 valence electrons. The number of ether oxygens (including phenoxy) is 1. The van der Waals surface area contributed by atoms with Gasteiger partial charge in [0.25, 0.3) is 0 Å². The van der Waals surface area contributed by atoms with Gasteiger partial charge >= 0.3 is 0 Å². The summed E-state index contributed by atoms with van der Waals surface area (Å²) in [5, 5.41) is 27.0. The molecule has 1 atom stereocenters. The van der Waals surface area contributed by atoms with Gasteiger partial charge in [0.1, 0.15) is 0 Å². The molecule has 13 heavy (non-hydrogen) atoms. The number of hydrogen-bond donors (Lipinski definition) is 2. The second-order valence-corrected chi connectivity index (χ2v) is 2.43. The van der Waals surface area contributed by atoms with Crippen molar-refractivity contribution in [2.24, 2.45) is 0 Å². The first-order valence-corrected chi connectivity index (χ1v) is 3.64. The molecule has 4 heteroatoms. The van der Waals surface area contributed by atoms with E-state index in [4.69, 9.17) is 15.1 Å². The van der Waals surface area contributed by atoms with Crippen LogP contribution in [0.2, 0.25) is 0 Å². The Morgan fingerprint density at radius 2 is 2.23 bits per heavy atom. The molecule has 0 bridgehead atoms. The lowest BCUT2D eigenvalue weighted by Crippen LogP contribution is -1.95. The summed E-state index contributed by atoms with van der Waals surface area (Å²) in [7, 11) is 1.40. The summed E-state index contributed by atoms with van der Waals surface area (Å²) in [5.74, 6) is 0.0471. The highest BCUT2D eigenvalue weighted by molar-refractivity contribution is 5.47. The predicted octanol–water partition coefficient (Wildman–Crippen LogP) is 0.958. The van der Waals surface area contributed by atoms with Crippen LogP contribution >= 0.6 is 0 Å². The topological polar surface area (TPSA) is 73.5 Å². The monoisotopic (exact) mass is 179 g/mol. The van der Waals surface area contributed by atoms with Crippen molar-refractivity contribution >= 4 is 0 Å². The molecule has 0 aliphatic carbocycles. The number of nitriles is 1. The molecule has 1 rings (SSSR count). The van der Waals surface area contributed by atoms with E-state index in [-0.39, 0.29) is 17.1 Å². The molecule has 0 unspecified atom stereocenters. The zero-order valence-corrected chi connectivity index (χ0v) is 7.06. The second kappa shape index (κ2) is 3.78. The molecular formula is C9H9NO3. The summed E-state index contributed by atoms with van der Waals surface area (Å²) in [6.07, 6.45) is -1.32. The Labute approximate surface area is 75.6 Å². The van der Waals surface area contributed by atoms with Crippen molar-refractivity contribution in [2.45, 2.75) is 6.10 Å². The fourth-order valence-electron chi connectivity index (χ4n) is 0.994. The minimum atomic E-state index is -1.32. The maximum absolute atomic E-state index is 9.45. The van der Waals surface area contributed by atoms with Crippen LogP contribution in [0.1, 0.15) is 11.7 Å². The van der Waals surface area contributed by atoms with Crippen molar-refractivity contribution in [3.05, 3.63) is 23.8 Å². The summed E-state index contributed by atoms with van der Waals surface area (Å²) in [4.78, 5) is 0. The SMILES string of the molecule is COc1cccc([C@@H](O)C#N)c1O. The Morgan fingerprint density at radius 1 is 1.54 bits per heavy atom. The van der Waals surface area contributed by atoms with E-state index in [1.54, 1.807) is 18.2 Å². The minimum Gasteiger partial charge on any atom is -0.504 e. The molecule has 0 amide bonds. The number of aliphatic hydroxyl groups excluding tert-OH is 1. The van der Waals surface area contributed by atoms with E-state index in [9.17, 15) is 5.11 Å². The number of methoxy groups -OCH3 is 1. The number of nitrogens with zero attached hydrogens (tertiary/aromatic N) is 1. The van der Waals surface area contributed by atoms with Crippen molar-refractivity contribution in [1.82, 2.24) is 0 Å². The van der Waals surface area contributed by atoms with Crippen molar-refractivity contribution in [2.75, 3.05) is 7.11 Å². The van der Waals surface area contributed by atoms with E-state index < -0.39 is 6.10 Å². The number of aromatic hydroxyl groups is 1. The number of phenolic OH excluding ortho intramolecular Hbond substituents is 1. The predicted molar refractivity (Wildman–Crippen MR) is 45.2 cm³/mol. The summed E-state index contributed by atoms with van der Waals surface area (Å²) < 4.78 is 4.81. The average Bonchev–Trinajstić information content (AvgIpc) is 2.17. The van der Waals surface area contributed by atoms with Crippen molar-refractivity contribution in [1.29, 1.82) is 5.26 Å². The minimum absolute atomic E-state index is 0.154. The highest BCUT2D eigenvalue weighted by atomic mass is 16.5. The quantitative estimate of drug-likeness (QED) is 0.663. The van der Waals surface area contributed by atoms with Gasteiger partial charge in [-0.3, -0.25) is 0 Å². The number of aliphatic hydroxyl groups is 1. The van der Waals surface area contributed by atoms with E-state index in [0.29, 0.717) is 0 Å². The van der Waals surface area contributed by atoms with Gasteiger partial charge in [-0.05, 0) is 6.07 Å². The van der Waals surface area contributed by atoms with Gasteiger partial charge in [-0.1, -0.05) is 12.1 Å². The lowest BCUT2D eigenvalue weighted by atomic mass is 10.1. The van der Waals surface area contributed by atoms with Crippen molar-refractivity contribution in [3.63, 3.8) is 0 Å². The Kier molecular flexibility index (Phi) is 2.72. The molecule has 1 aromatic carbocycles. The largest absolute Gasteiger partial charge is 0.504 e. The van der Waals surface area contributed by atoms with Crippen LogP contribution in [0.25, 0.3) is 0 Å². The summed E-state index contributed by atoms with van der Waals surface area (Å²) in [5.41, 5.74) is 0.154.